The fourth-order valence-corrected chi connectivity index (χ4v) is 2.78. The van der Waals surface area contributed by atoms with Crippen LogP contribution in [0.15, 0.2) is 48.6 Å². The number of nitrogens with one attached hydrogen (secondary N) is 2. The summed E-state index contributed by atoms with van der Waals surface area (Å²) in [5.74, 6) is 0. The molecular formula is C20H29N3. The third-order valence-corrected chi connectivity index (χ3v) is 4.10. The van der Waals surface area contributed by atoms with Crippen molar-refractivity contribution < 1.29 is 0 Å². The molecule has 0 aliphatic carbocycles. The van der Waals surface area contributed by atoms with Crippen molar-refractivity contribution in [3.8, 4) is 0 Å². The maximum atomic E-state index is 5.58. The summed E-state index contributed by atoms with van der Waals surface area (Å²) >= 11 is 0. The van der Waals surface area contributed by atoms with Crippen LogP contribution in [0, 0.1) is 6.92 Å². The Morgan fingerprint density at radius 1 is 1.43 bits per heavy atom. The number of rotatable bonds is 6. The van der Waals surface area contributed by atoms with Crippen molar-refractivity contribution in [1.29, 1.82) is 0 Å². The van der Waals surface area contributed by atoms with E-state index >= 15 is 0 Å². The zero-order chi connectivity index (χ0) is 16.9. The summed E-state index contributed by atoms with van der Waals surface area (Å²) in [7, 11) is 0. The summed E-state index contributed by atoms with van der Waals surface area (Å²) in [6.45, 7) is 12.9. The largest absolute Gasteiger partial charge is 0.377 e. The SMILES string of the molecule is C=C(/C=C\C(C)(C)Nc1ccc(C2=CCNCC2)c(C)c1)CN. The summed E-state index contributed by atoms with van der Waals surface area (Å²) in [5, 5.41) is 6.93. The molecule has 3 heteroatoms. The van der Waals surface area contributed by atoms with Crippen molar-refractivity contribution in [3.05, 3.63) is 59.7 Å². The first kappa shape index (κ1) is 17.5. The van der Waals surface area contributed by atoms with Gasteiger partial charge in [-0.3, -0.25) is 0 Å². The molecule has 0 amide bonds. The third-order valence-electron chi connectivity index (χ3n) is 4.10. The summed E-state index contributed by atoms with van der Waals surface area (Å²) in [6.07, 6.45) is 7.50. The minimum absolute atomic E-state index is 0.153. The molecule has 1 aliphatic rings. The van der Waals surface area contributed by atoms with Gasteiger partial charge in [-0.1, -0.05) is 30.9 Å². The van der Waals surface area contributed by atoms with Gasteiger partial charge in [0.25, 0.3) is 0 Å². The molecular weight excluding hydrogens is 282 g/mol. The van der Waals surface area contributed by atoms with Gasteiger partial charge >= 0.3 is 0 Å². The minimum Gasteiger partial charge on any atom is -0.377 e. The number of benzene rings is 1. The Balaban J connectivity index is 2.12. The number of anilines is 1. The molecule has 3 nitrogen and oxygen atoms in total. The van der Waals surface area contributed by atoms with E-state index in [0.29, 0.717) is 6.54 Å². The molecule has 0 saturated carbocycles. The highest BCUT2D eigenvalue weighted by Crippen LogP contribution is 2.27. The van der Waals surface area contributed by atoms with Crippen LogP contribution in [-0.2, 0) is 0 Å². The van der Waals surface area contributed by atoms with Crippen LogP contribution in [0.3, 0.4) is 0 Å². The van der Waals surface area contributed by atoms with E-state index in [1.54, 1.807) is 0 Å². The Morgan fingerprint density at radius 2 is 2.22 bits per heavy atom. The zero-order valence-electron chi connectivity index (χ0n) is 14.6. The second kappa shape index (κ2) is 7.62. The maximum absolute atomic E-state index is 5.58. The summed E-state index contributed by atoms with van der Waals surface area (Å²) in [6, 6.07) is 6.62. The van der Waals surface area contributed by atoms with E-state index < -0.39 is 0 Å². The van der Waals surface area contributed by atoms with Crippen molar-refractivity contribution >= 4 is 11.3 Å². The topological polar surface area (TPSA) is 50.1 Å². The zero-order valence-corrected chi connectivity index (χ0v) is 14.6. The number of hydrogen-bond acceptors (Lipinski definition) is 3. The van der Waals surface area contributed by atoms with Gasteiger partial charge in [0.05, 0.1) is 5.54 Å². The molecule has 0 unspecified atom stereocenters. The molecule has 0 aromatic heterocycles. The predicted octanol–water partition coefficient (Wildman–Crippen LogP) is 3.63. The van der Waals surface area contributed by atoms with Crippen molar-refractivity contribution in [2.45, 2.75) is 32.7 Å². The number of aryl methyl sites for hydroxylation is 1. The van der Waals surface area contributed by atoms with Crippen LogP contribution in [0.1, 0.15) is 31.4 Å². The molecule has 2 rings (SSSR count). The van der Waals surface area contributed by atoms with Crippen LogP contribution in [0.2, 0.25) is 0 Å². The number of nitrogens with two attached hydrogens (primary N) is 1. The monoisotopic (exact) mass is 311 g/mol. The van der Waals surface area contributed by atoms with Crippen molar-refractivity contribution in [1.82, 2.24) is 5.32 Å². The van der Waals surface area contributed by atoms with E-state index in [2.05, 4.69) is 68.3 Å². The lowest BCUT2D eigenvalue weighted by Gasteiger charge is -2.25. The van der Waals surface area contributed by atoms with Gasteiger partial charge < -0.3 is 16.4 Å². The smallest absolute Gasteiger partial charge is 0.0503 e. The van der Waals surface area contributed by atoms with Crippen LogP contribution >= 0.6 is 0 Å². The Morgan fingerprint density at radius 3 is 2.83 bits per heavy atom. The average Bonchev–Trinajstić information content (AvgIpc) is 2.53. The van der Waals surface area contributed by atoms with Gasteiger partial charge in [-0.2, -0.15) is 0 Å². The second-order valence-corrected chi connectivity index (χ2v) is 6.76. The van der Waals surface area contributed by atoms with Gasteiger partial charge in [-0.05, 0) is 68.1 Å². The van der Waals surface area contributed by atoms with E-state index in [1.165, 1.54) is 16.7 Å². The first-order chi connectivity index (χ1) is 10.9. The lowest BCUT2D eigenvalue weighted by atomic mass is 9.95. The van der Waals surface area contributed by atoms with Crippen LogP contribution in [0.25, 0.3) is 5.57 Å². The van der Waals surface area contributed by atoms with Crippen LogP contribution in [-0.4, -0.2) is 25.2 Å². The summed E-state index contributed by atoms with van der Waals surface area (Å²) < 4.78 is 0. The van der Waals surface area contributed by atoms with E-state index in [9.17, 15) is 0 Å². The van der Waals surface area contributed by atoms with Gasteiger partial charge in [0.1, 0.15) is 0 Å². The molecule has 0 fully saturated rings. The van der Waals surface area contributed by atoms with E-state index in [4.69, 9.17) is 5.73 Å². The van der Waals surface area contributed by atoms with Gasteiger partial charge in [0.15, 0.2) is 0 Å². The Hall–Kier alpha value is -1.84. The minimum atomic E-state index is -0.153. The highest BCUT2D eigenvalue weighted by atomic mass is 15.0. The van der Waals surface area contributed by atoms with E-state index in [0.717, 1.165) is 30.8 Å². The predicted molar refractivity (Wildman–Crippen MR) is 102 cm³/mol. The van der Waals surface area contributed by atoms with Gasteiger partial charge in [-0.15, -0.1) is 0 Å². The Kier molecular flexibility index (Phi) is 5.80. The molecule has 23 heavy (non-hydrogen) atoms. The highest BCUT2D eigenvalue weighted by molar-refractivity contribution is 5.71. The van der Waals surface area contributed by atoms with Gasteiger partial charge in [0.2, 0.25) is 0 Å². The molecule has 4 N–H and O–H groups in total. The molecule has 0 atom stereocenters. The summed E-state index contributed by atoms with van der Waals surface area (Å²) in [4.78, 5) is 0. The van der Waals surface area contributed by atoms with Crippen LogP contribution in [0.4, 0.5) is 5.69 Å². The Bertz CT molecular complexity index is 624. The lowest BCUT2D eigenvalue weighted by molar-refractivity contribution is 0.711. The van der Waals surface area contributed by atoms with Gasteiger partial charge in [-0.25, -0.2) is 0 Å². The molecule has 1 aliphatic heterocycles. The first-order valence-electron chi connectivity index (χ1n) is 8.27. The lowest BCUT2D eigenvalue weighted by Crippen LogP contribution is -2.28. The van der Waals surface area contributed by atoms with Gasteiger partial charge in [0, 0.05) is 18.8 Å². The Labute approximate surface area is 140 Å². The van der Waals surface area contributed by atoms with Crippen LogP contribution < -0.4 is 16.4 Å². The molecule has 1 heterocycles. The second-order valence-electron chi connectivity index (χ2n) is 6.76. The van der Waals surface area contributed by atoms with Crippen molar-refractivity contribution in [3.63, 3.8) is 0 Å². The molecule has 0 radical (unpaired) electrons. The third kappa shape index (κ3) is 5.08. The quantitative estimate of drug-likeness (QED) is 0.703. The number of hydrogen-bond donors (Lipinski definition) is 3. The molecule has 0 saturated heterocycles. The summed E-state index contributed by atoms with van der Waals surface area (Å²) in [5.41, 5.74) is 11.6. The van der Waals surface area contributed by atoms with Crippen molar-refractivity contribution in [2.75, 3.05) is 25.0 Å². The van der Waals surface area contributed by atoms with Crippen molar-refractivity contribution in [2.24, 2.45) is 5.73 Å². The molecule has 0 bridgehead atoms. The van der Waals surface area contributed by atoms with E-state index in [-0.39, 0.29) is 5.54 Å². The van der Waals surface area contributed by atoms with Crippen LogP contribution in [0.5, 0.6) is 0 Å². The molecule has 0 spiro atoms. The van der Waals surface area contributed by atoms with E-state index in [1.807, 2.05) is 6.08 Å². The first-order valence-corrected chi connectivity index (χ1v) is 8.27. The fourth-order valence-electron chi connectivity index (χ4n) is 2.78. The molecule has 1 aromatic carbocycles. The maximum Gasteiger partial charge on any atom is 0.0503 e. The normalized spacial score (nSPS) is 15.6. The standard InChI is InChI=1S/C20H29N3/c1-15(14-21)7-10-20(3,4)23-18-5-6-19(16(2)13-18)17-8-11-22-12-9-17/h5-8,10,13,22-23H,1,9,11-12,14,21H2,2-4H3/b10-7-. The highest BCUT2D eigenvalue weighted by Gasteiger charge is 2.14. The average molecular weight is 311 g/mol. The molecule has 124 valence electrons. The fraction of sp³-hybridized carbons (Fsp3) is 0.400. The molecule has 1 aromatic rings.